The van der Waals surface area contributed by atoms with Crippen LogP contribution in [0.1, 0.15) is 6.92 Å². The lowest BCUT2D eigenvalue weighted by Crippen LogP contribution is -2.28. The molecule has 0 saturated carbocycles. The predicted molar refractivity (Wildman–Crippen MR) is 74.9 cm³/mol. The van der Waals surface area contributed by atoms with Crippen LogP contribution in [0.4, 0.5) is 5.69 Å². The Labute approximate surface area is 108 Å². The molecule has 0 spiro atoms. The summed E-state index contributed by atoms with van der Waals surface area (Å²) in [7, 11) is 0. The Bertz CT molecular complexity index is 453. The molecule has 1 N–H and O–H groups in total. The average Bonchev–Trinajstić information content (AvgIpc) is 2.89. The van der Waals surface area contributed by atoms with Crippen molar-refractivity contribution in [3.05, 3.63) is 72.7 Å². The summed E-state index contributed by atoms with van der Waals surface area (Å²) in [6.45, 7) is 3.07. The third kappa shape index (κ3) is 3.71. The molecule has 0 fully saturated rings. The minimum atomic E-state index is 0.953. The minimum Gasteiger partial charge on any atom is -0.284 e. The van der Waals surface area contributed by atoms with E-state index in [0.29, 0.717) is 0 Å². The fraction of sp³-hybridized carbons (Fsp3) is 0.133. The zero-order chi connectivity index (χ0) is 12.6. The van der Waals surface area contributed by atoms with Crippen molar-refractivity contribution in [3.63, 3.8) is 0 Å². The maximum atomic E-state index is 3.78. The fourth-order valence-corrected chi connectivity index (χ4v) is 1.59. The van der Waals surface area contributed by atoms with E-state index >= 15 is 0 Å². The Kier molecular flexibility index (Phi) is 4.50. The Morgan fingerprint density at radius 2 is 1.67 bits per heavy atom. The van der Waals surface area contributed by atoms with Crippen LogP contribution in [0.15, 0.2) is 72.7 Å². The van der Waals surface area contributed by atoms with Crippen LogP contribution in [-0.4, -0.2) is 11.5 Å². The Hall–Kier alpha value is -2.13. The number of nitrogens with one attached hydrogen (secondary N) is 1. The second kappa shape index (κ2) is 6.57. The molecule has 18 heavy (non-hydrogen) atoms. The number of rotatable bonds is 1. The summed E-state index contributed by atoms with van der Waals surface area (Å²) in [5, 5.41) is 2.05. The molecular weight excluding hydrogens is 222 g/mol. The van der Waals surface area contributed by atoms with Gasteiger partial charge in [0.15, 0.2) is 0 Å². The normalized spacial score (nSPS) is 13.6. The lowest BCUT2D eigenvalue weighted by Gasteiger charge is -2.15. The molecule has 0 atom stereocenters. The predicted octanol–water partition coefficient (Wildman–Crippen LogP) is 3.00. The van der Waals surface area contributed by atoms with Crippen LogP contribution in [0.5, 0.6) is 0 Å². The van der Waals surface area contributed by atoms with E-state index in [0.717, 1.165) is 6.54 Å². The van der Waals surface area contributed by atoms with E-state index in [1.807, 2.05) is 36.4 Å². The van der Waals surface area contributed by atoms with Gasteiger partial charge in [0.1, 0.15) is 0 Å². The third-order valence-corrected chi connectivity index (χ3v) is 2.48. The SMILES string of the molecule is CC1=CN(c2ccccc2)NC1.c1ccncc1. The van der Waals surface area contributed by atoms with E-state index < -0.39 is 0 Å². The zero-order valence-corrected chi connectivity index (χ0v) is 10.5. The summed E-state index contributed by atoms with van der Waals surface area (Å²) in [6, 6.07) is 16.0. The first kappa shape index (κ1) is 12.3. The lowest BCUT2D eigenvalue weighted by molar-refractivity contribution is 0.805. The summed E-state index contributed by atoms with van der Waals surface area (Å²) in [5.74, 6) is 0. The first-order valence-electron chi connectivity index (χ1n) is 5.96. The molecule has 0 bridgehead atoms. The molecule has 1 aromatic heterocycles. The molecule has 0 unspecified atom stereocenters. The first-order chi connectivity index (χ1) is 8.86. The number of hydrogen-bond donors (Lipinski definition) is 1. The van der Waals surface area contributed by atoms with Gasteiger partial charge in [-0.05, 0) is 36.8 Å². The molecule has 2 aromatic rings. The zero-order valence-electron chi connectivity index (χ0n) is 10.5. The molecule has 3 nitrogen and oxygen atoms in total. The van der Waals surface area contributed by atoms with Gasteiger partial charge in [-0.2, -0.15) is 0 Å². The van der Waals surface area contributed by atoms with Crippen molar-refractivity contribution in [2.45, 2.75) is 6.92 Å². The van der Waals surface area contributed by atoms with Crippen LogP contribution in [0.3, 0.4) is 0 Å². The lowest BCUT2D eigenvalue weighted by atomic mass is 10.3. The third-order valence-electron chi connectivity index (χ3n) is 2.48. The Balaban J connectivity index is 0.000000169. The van der Waals surface area contributed by atoms with Gasteiger partial charge in [-0.1, -0.05) is 24.3 Å². The molecule has 0 aliphatic carbocycles. The summed E-state index contributed by atoms with van der Waals surface area (Å²) < 4.78 is 0. The largest absolute Gasteiger partial charge is 0.284 e. The summed E-state index contributed by atoms with van der Waals surface area (Å²) in [6.07, 6.45) is 5.62. The van der Waals surface area contributed by atoms with Crippen molar-refractivity contribution in [3.8, 4) is 0 Å². The quantitative estimate of drug-likeness (QED) is 0.829. The van der Waals surface area contributed by atoms with Crippen molar-refractivity contribution in [1.29, 1.82) is 0 Å². The van der Waals surface area contributed by atoms with Crippen LogP contribution < -0.4 is 10.4 Å². The van der Waals surface area contributed by atoms with E-state index in [2.05, 4.69) is 40.7 Å². The van der Waals surface area contributed by atoms with Crippen molar-refractivity contribution < 1.29 is 0 Å². The van der Waals surface area contributed by atoms with Crippen LogP contribution in [0, 0.1) is 0 Å². The minimum absolute atomic E-state index is 0.953. The number of aromatic nitrogens is 1. The second-order valence-electron chi connectivity index (χ2n) is 4.04. The molecule has 3 rings (SSSR count). The molecular formula is C15H17N3. The van der Waals surface area contributed by atoms with Gasteiger partial charge in [-0.15, -0.1) is 0 Å². The Morgan fingerprint density at radius 3 is 2.11 bits per heavy atom. The number of nitrogens with zero attached hydrogens (tertiary/aromatic N) is 2. The van der Waals surface area contributed by atoms with Crippen molar-refractivity contribution in [1.82, 2.24) is 10.4 Å². The topological polar surface area (TPSA) is 28.2 Å². The molecule has 0 radical (unpaired) electrons. The highest BCUT2D eigenvalue weighted by Crippen LogP contribution is 2.15. The maximum absolute atomic E-state index is 3.78. The molecule has 1 aliphatic rings. The molecule has 0 saturated heterocycles. The van der Waals surface area contributed by atoms with Gasteiger partial charge in [0.2, 0.25) is 0 Å². The first-order valence-corrected chi connectivity index (χ1v) is 5.96. The van der Waals surface area contributed by atoms with Gasteiger partial charge in [0.05, 0.1) is 5.69 Å². The molecule has 1 aliphatic heterocycles. The fourth-order valence-electron chi connectivity index (χ4n) is 1.59. The van der Waals surface area contributed by atoms with E-state index in [4.69, 9.17) is 0 Å². The van der Waals surface area contributed by atoms with Gasteiger partial charge in [-0.25, -0.2) is 5.43 Å². The molecule has 0 amide bonds. The number of anilines is 1. The molecule has 1 aromatic carbocycles. The van der Waals surface area contributed by atoms with Crippen molar-refractivity contribution in [2.24, 2.45) is 0 Å². The molecule has 92 valence electrons. The second-order valence-corrected chi connectivity index (χ2v) is 4.04. The maximum Gasteiger partial charge on any atom is 0.0570 e. The van der Waals surface area contributed by atoms with Gasteiger partial charge >= 0.3 is 0 Å². The number of pyridine rings is 1. The highest BCUT2D eigenvalue weighted by atomic mass is 15.5. The standard InChI is InChI=1S/C10H12N2.C5H5N/c1-9-7-11-12(8-9)10-5-3-2-4-6-10;1-2-4-6-5-3-1/h2-6,8,11H,7H2,1H3;1-5H. The van der Waals surface area contributed by atoms with Gasteiger partial charge in [0.25, 0.3) is 0 Å². The smallest absolute Gasteiger partial charge is 0.0570 e. The highest BCUT2D eigenvalue weighted by molar-refractivity contribution is 5.49. The van der Waals surface area contributed by atoms with Crippen molar-refractivity contribution >= 4 is 5.69 Å². The Morgan fingerprint density at radius 1 is 1.00 bits per heavy atom. The number of para-hydroxylation sites is 1. The number of benzene rings is 1. The summed E-state index contributed by atoms with van der Waals surface area (Å²) in [4.78, 5) is 3.78. The molecule has 3 heteroatoms. The van der Waals surface area contributed by atoms with Crippen LogP contribution >= 0.6 is 0 Å². The number of hydrazine groups is 1. The van der Waals surface area contributed by atoms with E-state index in [9.17, 15) is 0 Å². The van der Waals surface area contributed by atoms with Crippen LogP contribution in [-0.2, 0) is 0 Å². The van der Waals surface area contributed by atoms with Crippen LogP contribution in [0.2, 0.25) is 0 Å². The highest BCUT2D eigenvalue weighted by Gasteiger charge is 2.08. The molecule has 2 heterocycles. The average molecular weight is 239 g/mol. The van der Waals surface area contributed by atoms with E-state index in [-0.39, 0.29) is 0 Å². The van der Waals surface area contributed by atoms with Gasteiger partial charge in [0, 0.05) is 25.1 Å². The number of hydrogen-bond acceptors (Lipinski definition) is 3. The van der Waals surface area contributed by atoms with E-state index in [1.165, 1.54) is 11.3 Å². The van der Waals surface area contributed by atoms with Crippen LogP contribution in [0.25, 0.3) is 0 Å². The van der Waals surface area contributed by atoms with Crippen molar-refractivity contribution in [2.75, 3.05) is 11.6 Å². The summed E-state index contributed by atoms with van der Waals surface area (Å²) in [5.41, 5.74) is 5.81. The summed E-state index contributed by atoms with van der Waals surface area (Å²) >= 11 is 0. The van der Waals surface area contributed by atoms with Gasteiger partial charge < -0.3 is 0 Å². The van der Waals surface area contributed by atoms with Gasteiger partial charge in [-0.3, -0.25) is 9.99 Å². The van der Waals surface area contributed by atoms with E-state index in [1.54, 1.807) is 12.4 Å². The monoisotopic (exact) mass is 239 g/mol.